The monoisotopic (exact) mass is 327 g/mol. The van der Waals surface area contributed by atoms with E-state index in [1.165, 1.54) is 0 Å². The number of aliphatic imine (C=N–C) groups is 1. The zero-order valence-electron chi connectivity index (χ0n) is 13.6. The van der Waals surface area contributed by atoms with Crippen LogP contribution in [-0.2, 0) is 21.5 Å². The number of rotatable bonds is 4. The summed E-state index contributed by atoms with van der Waals surface area (Å²) >= 11 is 0. The van der Waals surface area contributed by atoms with E-state index in [-0.39, 0.29) is 5.97 Å². The molecule has 4 rings (SSSR count). The Bertz CT molecular complexity index is 905. The molecule has 1 aliphatic rings. The molecule has 0 saturated carbocycles. The van der Waals surface area contributed by atoms with E-state index < -0.39 is 5.54 Å². The fourth-order valence-corrected chi connectivity index (χ4v) is 3.12. The molecular weight excluding hydrogens is 310 g/mol. The van der Waals surface area contributed by atoms with Crippen molar-refractivity contribution in [3.8, 4) is 0 Å². The summed E-state index contributed by atoms with van der Waals surface area (Å²) in [7, 11) is 0. The Morgan fingerprint density at radius 2 is 1.32 bits per heavy atom. The fraction of sp³-hybridized carbons (Fsp3) is 0.0909. The third-order valence-corrected chi connectivity index (χ3v) is 4.39. The number of cyclic esters (lactones) is 1. The largest absolute Gasteiger partial charge is 0.405 e. The number of carbonyl (C=O) groups is 1. The number of benzene rings is 3. The van der Waals surface area contributed by atoms with Crippen molar-refractivity contribution in [3.05, 3.63) is 108 Å². The minimum Gasteiger partial charge on any atom is -0.405 e. The van der Waals surface area contributed by atoms with Gasteiger partial charge in [-0.3, -0.25) is 0 Å². The minimum atomic E-state index is -1.05. The van der Waals surface area contributed by atoms with Gasteiger partial charge in [0.2, 0.25) is 5.90 Å². The maximum absolute atomic E-state index is 12.9. The van der Waals surface area contributed by atoms with Crippen LogP contribution in [0.15, 0.2) is 96.0 Å². The highest BCUT2D eigenvalue weighted by atomic mass is 16.6. The highest BCUT2D eigenvalue weighted by Crippen LogP contribution is 2.36. The molecule has 1 atom stereocenters. The molecule has 0 aromatic heterocycles. The van der Waals surface area contributed by atoms with Gasteiger partial charge < -0.3 is 4.74 Å². The first kappa shape index (κ1) is 15.3. The Balaban J connectivity index is 1.83. The van der Waals surface area contributed by atoms with Crippen LogP contribution in [0.25, 0.3) is 0 Å². The van der Waals surface area contributed by atoms with Crippen molar-refractivity contribution < 1.29 is 9.53 Å². The van der Waals surface area contributed by atoms with E-state index >= 15 is 0 Å². The summed E-state index contributed by atoms with van der Waals surface area (Å²) in [5.41, 5.74) is 1.64. The van der Waals surface area contributed by atoms with Gasteiger partial charge in [-0.25, -0.2) is 9.79 Å². The molecule has 0 N–H and O–H groups in total. The molecule has 3 heteroatoms. The summed E-state index contributed by atoms with van der Waals surface area (Å²) in [4.78, 5) is 17.7. The number of ether oxygens (including phenoxy) is 1. The van der Waals surface area contributed by atoms with Gasteiger partial charge in [-0.15, -0.1) is 0 Å². The van der Waals surface area contributed by atoms with E-state index in [2.05, 4.69) is 0 Å². The molecule has 3 aromatic carbocycles. The van der Waals surface area contributed by atoms with Crippen molar-refractivity contribution in [1.82, 2.24) is 0 Å². The Kier molecular flexibility index (Phi) is 3.90. The van der Waals surface area contributed by atoms with Crippen LogP contribution in [0.1, 0.15) is 16.7 Å². The van der Waals surface area contributed by atoms with Crippen molar-refractivity contribution in [1.29, 1.82) is 0 Å². The second kappa shape index (κ2) is 6.36. The third-order valence-electron chi connectivity index (χ3n) is 4.39. The summed E-state index contributed by atoms with van der Waals surface area (Å²) in [6.07, 6.45) is 0.465. The van der Waals surface area contributed by atoms with Gasteiger partial charge in [0.15, 0.2) is 5.54 Å². The first-order chi connectivity index (χ1) is 12.3. The van der Waals surface area contributed by atoms with E-state index in [1.807, 2.05) is 91.0 Å². The summed E-state index contributed by atoms with van der Waals surface area (Å²) in [6.45, 7) is 0. The molecule has 122 valence electrons. The lowest BCUT2D eigenvalue weighted by Crippen LogP contribution is -2.33. The third kappa shape index (κ3) is 2.85. The lowest BCUT2D eigenvalue weighted by atomic mass is 9.84. The topological polar surface area (TPSA) is 38.7 Å². The molecule has 0 fully saturated rings. The zero-order chi connectivity index (χ0) is 17.1. The SMILES string of the molecule is O=C1OC(c2ccccc2)=NC1(Cc1ccccc1)c1ccccc1. The van der Waals surface area contributed by atoms with Gasteiger partial charge in [0.1, 0.15) is 0 Å². The Labute approximate surface area is 146 Å². The zero-order valence-corrected chi connectivity index (χ0v) is 13.6. The number of nitrogens with zero attached hydrogens (tertiary/aromatic N) is 1. The molecule has 0 amide bonds. The van der Waals surface area contributed by atoms with Crippen molar-refractivity contribution in [2.45, 2.75) is 12.0 Å². The molecule has 3 aromatic rings. The highest BCUT2D eigenvalue weighted by Gasteiger charge is 2.47. The normalized spacial score (nSPS) is 19.4. The van der Waals surface area contributed by atoms with Crippen LogP contribution in [0.2, 0.25) is 0 Å². The molecule has 0 spiro atoms. The van der Waals surface area contributed by atoms with Gasteiger partial charge in [-0.05, 0) is 23.3 Å². The lowest BCUT2D eigenvalue weighted by Gasteiger charge is -2.22. The van der Waals surface area contributed by atoms with E-state index in [1.54, 1.807) is 0 Å². The van der Waals surface area contributed by atoms with Gasteiger partial charge in [0.25, 0.3) is 0 Å². The van der Waals surface area contributed by atoms with Crippen molar-refractivity contribution in [3.63, 3.8) is 0 Å². The van der Waals surface area contributed by atoms with Crippen LogP contribution in [0, 0.1) is 0 Å². The number of esters is 1. The van der Waals surface area contributed by atoms with Crippen LogP contribution in [-0.4, -0.2) is 11.9 Å². The predicted octanol–water partition coefficient (Wildman–Crippen LogP) is 4.13. The molecule has 0 aliphatic carbocycles. The number of hydrogen-bond donors (Lipinski definition) is 0. The second-order valence-corrected chi connectivity index (χ2v) is 6.06. The first-order valence-electron chi connectivity index (χ1n) is 8.25. The van der Waals surface area contributed by atoms with Crippen molar-refractivity contribution in [2.24, 2.45) is 4.99 Å². The van der Waals surface area contributed by atoms with Crippen LogP contribution in [0.4, 0.5) is 0 Å². The minimum absolute atomic E-state index is 0.332. The fourth-order valence-electron chi connectivity index (χ4n) is 3.12. The Hall–Kier alpha value is -3.20. The van der Waals surface area contributed by atoms with Crippen LogP contribution in [0.5, 0.6) is 0 Å². The maximum atomic E-state index is 12.9. The molecular formula is C22H17NO2. The summed E-state index contributed by atoms with van der Waals surface area (Å²) in [5.74, 6) is 0.0480. The average molecular weight is 327 g/mol. The van der Waals surface area contributed by atoms with E-state index in [0.29, 0.717) is 12.3 Å². The van der Waals surface area contributed by atoms with Gasteiger partial charge in [0.05, 0.1) is 0 Å². The Morgan fingerprint density at radius 1 is 0.760 bits per heavy atom. The number of carbonyl (C=O) groups excluding carboxylic acids is 1. The molecule has 0 bridgehead atoms. The quantitative estimate of drug-likeness (QED) is 0.676. The van der Waals surface area contributed by atoms with E-state index in [4.69, 9.17) is 9.73 Å². The maximum Gasteiger partial charge on any atom is 0.345 e. The van der Waals surface area contributed by atoms with E-state index in [0.717, 1.165) is 16.7 Å². The van der Waals surface area contributed by atoms with Crippen molar-refractivity contribution >= 4 is 11.9 Å². The molecule has 3 nitrogen and oxygen atoms in total. The highest BCUT2D eigenvalue weighted by molar-refractivity contribution is 6.08. The van der Waals surface area contributed by atoms with Gasteiger partial charge in [-0.2, -0.15) is 0 Å². The van der Waals surface area contributed by atoms with Gasteiger partial charge in [0, 0.05) is 12.0 Å². The molecule has 1 unspecified atom stereocenters. The lowest BCUT2D eigenvalue weighted by molar-refractivity contribution is -0.139. The average Bonchev–Trinajstić information content (AvgIpc) is 3.01. The molecule has 0 radical (unpaired) electrons. The molecule has 1 aliphatic heterocycles. The molecule has 25 heavy (non-hydrogen) atoms. The first-order valence-corrected chi connectivity index (χ1v) is 8.25. The van der Waals surface area contributed by atoms with Crippen LogP contribution < -0.4 is 0 Å². The standard InChI is InChI=1S/C22H17NO2/c24-21-22(19-14-8-3-9-15-19,16-17-10-4-1-5-11-17)23-20(25-21)18-12-6-2-7-13-18/h1-15H,16H2. The smallest absolute Gasteiger partial charge is 0.345 e. The summed E-state index contributed by atoms with van der Waals surface area (Å²) in [5, 5.41) is 0. The molecule has 0 saturated heterocycles. The van der Waals surface area contributed by atoms with Gasteiger partial charge in [-0.1, -0.05) is 78.9 Å². The molecule has 1 heterocycles. The van der Waals surface area contributed by atoms with Gasteiger partial charge >= 0.3 is 5.97 Å². The Morgan fingerprint density at radius 3 is 1.96 bits per heavy atom. The van der Waals surface area contributed by atoms with E-state index in [9.17, 15) is 4.79 Å². The second-order valence-electron chi connectivity index (χ2n) is 6.06. The predicted molar refractivity (Wildman–Crippen MR) is 97.3 cm³/mol. The number of hydrogen-bond acceptors (Lipinski definition) is 3. The van der Waals surface area contributed by atoms with Crippen LogP contribution >= 0.6 is 0 Å². The van der Waals surface area contributed by atoms with Crippen molar-refractivity contribution in [2.75, 3.05) is 0 Å². The summed E-state index contributed by atoms with van der Waals surface area (Å²) < 4.78 is 5.60. The van der Waals surface area contributed by atoms with Crippen LogP contribution in [0.3, 0.4) is 0 Å². The summed E-state index contributed by atoms with van der Waals surface area (Å²) in [6, 6.07) is 29.1.